The number of amides is 2. The van der Waals surface area contributed by atoms with Gasteiger partial charge in [-0.3, -0.25) is 9.59 Å². The van der Waals surface area contributed by atoms with Crippen molar-refractivity contribution in [1.82, 2.24) is 10.6 Å². The third kappa shape index (κ3) is 8.91. The van der Waals surface area contributed by atoms with Gasteiger partial charge >= 0.3 is 0 Å². The summed E-state index contributed by atoms with van der Waals surface area (Å²) in [6.07, 6.45) is 2.57. The van der Waals surface area contributed by atoms with Crippen LogP contribution in [0.1, 0.15) is 59.8 Å². The summed E-state index contributed by atoms with van der Waals surface area (Å²) in [6.45, 7) is 8.30. The standard InChI is InChI=1S/C17H34N2O4/c1-5-6-7-9-18-14(21)8-10-19-16(23)15(22)17(4,12-20)11-13(2)3/h13,15,20,22H,5-12H2,1-4H3,(H,18,21)(H,19,23)/t15-,17+/m0/s1. The van der Waals surface area contributed by atoms with Gasteiger partial charge in [0, 0.05) is 24.9 Å². The Morgan fingerprint density at radius 3 is 2.30 bits per heavy atom. The number of aliphatic hydroxyl groups excluding tert-OH is 2. The average molecular weight is 330 g/mol. The highest BCUT2D eigenvalue weighted by molar-refractivity contribution is 5.82. The maximum absolute atomic E-state index is 12.0. The van der Waals surface area contributed by atoms with Crippen LogP contribution >= 0.6 is 0 Å². The molecule has 2 amide bonds. The number of carbonyl (C=O) groups excluding carboxylic acids is 2. The summed E-state index contributed by atoms with van der Waals surface area (Å²) in [5, 5.41) is 25.0. The molecule has 0 radical (unpaired) electrons. The molecule has 0 saturated heterocycles. The van der Waals surface area contributed by atoms with Gasteiger partial charge in [-0.25, -0.2) is 0 Å². The van der Waals surface area contributed by atoms with E-state index in [2.05, 4.69) is 17.6 Å². The first-order valence-electron chi connectivity index (χ1n) is 8.60. The maximum atomic E-state index is 12.0. The van der Waals surface area contributed by atoms with Gasteiger partial charge in [0.2, 0.25) is 11.8 Å². The summed E-state index contributed by atoms with van der Waals surface area (Å²) in [7, 11) is 0. The molecule has 0 aromatic carbocycles. The van der Waals surface area contributed by atoms with Gasteiger partial charge in [-0.05, 0) is 18.8 Å². The van der Waals surface area contributed by atoms with Gasteiger partial charge in [-0.15, -0.1) is 0 Å². The van der Waals surface area contributed by atoms with Crippen LogP contribution in [0, 0.1) is 11.3 Å². The molecule has 4 N–H and O–H groups in total. The van der Waals surface area contributed by atoms with Gasteiger partial charge in [0.1, 0.15) is 6.10 Å². The molecule has 0 saturated carbocycles. The highest BCUT2D eigenvalue weighted by Crippen LogP contribution is 2.29. The predicted octanol–water partition coefficient (Wildman–Crippen LogP) is 1.20. The lowest BCUT2D eigenvalue weighted by atomic mass is 9.77. The molecular weight excluding hydrogens is 296 g/mol. The lowest BCUT2D eigenvalue weighted by Crippen LogP contribution is -2.48. The van der Waals surface area contributed by atoms with Crippen LogP contribution in [0.25, 0.3) is 0 Å². The zero-order valence-corrected chi connectivity index (χ0v) is 15.0. The first kappa shape index (κ1) is 21.9. The highest BCUT2D eigenvalue weighted by atomic mass is 16.3. The molecule has 0 aliphatic heterocycles. The summed E-state index contributed by atoms with van der Waals surface area (Å²) in [6, 6.07) is 0. The molecule has 0 aliphatic carbocycles. The molecule has 0 spiro atoms. The Bertz CT molecular complexity index is 361. The Kier molecular flexibility index (Phi) is 10.8. The Labute approximate surface area is 140 Å². The lowest BCUT2D eigenvalue weighted by Gasteiger charge is -2.33. The molecule has 0 unspecified atom stereocenters. The van der Waals surface area contributed by atoms with Crippen LogP contribution in [0.5, 0.6) is 0 Å². The van der Waals surface area contributed by atoms with Crippen molar-refractivity contribution in [1.29, 1.82) is 0 Å². The van der Waals surface area contributed by atoms with Crippen molar-refractivity contribution >= 4 is 11.8 Å². The number of hydrogen-bond acceptors (Lipinski definition) is 4. The normalized spacial score (nSPS) is 15.1. The van der Waals surface area contributed by atoms with Crippen LogP contribution in [-0.4, -0.2) is 47.8 Å². The molecule has 0 bridgehead atoms. The first-order valence-corrected chi connectivity index (χ1v) is 8.60. The number of nitrogens with one attached hydrogen (secondary N) is 2. The van der Waals surface area contributed by atoms with E-state index in [1.54, 1.807) is 6.92 Å². The van der Waals surface area contributed by atoms with Crippen molar-refractivity contribution in [3.8, 4) is 0 Å². The van der Waals surface area contributed by atoms with Gasteiger partial charge in [-0.1, -0.05) is 40.5 Å². The predicted molar refractivity (Wildman–Crippen MR) is 90.8 cm³/mol. The molecule has 2 atom stereocenters. The van der Waals surface area contributed by atoms with Crippen LogP contribution < -0.4 is 10.6 Å². The Morgan fingerprint density at radius 2 is 1.78 bits per heavy atom. The minimum Gasteiger partial charge on any atom is -0.396 e. The second-order valence-corrected chi connectivity index (χ2v) is 6.91. The molecule has 0 fully saturated rings. The van der Waals surface area contributed by atoms with Crippen LogP contribution in [0.4, 0.5) is 0 Å². The Hall–Kier alpha value is -1.14. The maximum Gasteiger partial charge on any atom is 0.249 e. The molecule has 136 valence electrons. The van der Waals surface area contributed by atoms with Gasteiger partial charge < -0.3 is 20.8 Å². The van der Waals surface area contributed by atoms with Crippen molar-refractivity contribution in [3.63, 3.8) is 0 Å². The van der Waals surface area contributed by atoms with Crippen molar-refractivity contribution in [3.05, 3.63) is 0 Å². The van der Waals surface area contributed by atoms with Gasteiger partial charge in [0.05, 0.1) is 6.61 Å². The fourth-order valence-corrected chi connectivity index (χ4v) is 2.60. The van der Waals surface area contributed by atoms with E-state index in [1.165, 1.54) is 0 Å². The zero-order valence-electron chi connectivity index (χ0n) is 15.0. The van der Waals surface area contributed by atoms with E-state index in [1.807, 2.05) is 13.8 Å². The Morgan fingerprint density at radius 1 is 1.13 bits per heavy atom. The molecule has 23 heavy (non-hydrogen) atoms. The van der Waals surface area contributed by atoms with Crippen LogP contribution in [0.3, 0.4) is 0 Å². The number of carbonyl (C=O) groups is 2. The van der Waals surface area contributed by atoms with Gasteiger partial charge in [0.15, 0.2) is 0 Å². The molecule has 0 aromatic heterocycles. The average Bonchev–Trinajstić information content (AvgIpc) is 2.49. The van der Waals surface area contributed by atoms with Crippen molar-refractivity contribution in [2.75, 3.05) is 19.7 Å². The summed E-state index contributed by atoms with van der Waals surface area (Å²) in [4.78, 5) is 23.6. The van der Waals surface area contributed by atoms with Gasteiger partial charge in [-0.2, -0.15) is 0 Å². The van der Waals surface area contributed by atoms with E-state index >= 15 is 0 Å². The SMILES string of the molecule is CCCCCNC(=O)CCNC(=O)[C@H](O)[C@@](C)(CO)CC(C)C. The molecule has 0 heterocycles. The van der Waals surface area contributed by atoms with Crippen LogP contribution in [-0.2, 0) is 9.59 Å². The van der Waals surface area contributed by atoms with Crippen molar-refractivity contribution < 1.29 is 19.8 Å². The van der Waals surface area contributed by atoms with Crippen molar-refractivity contribution in [2.45, 2.75) is 65.9 Å². The minimum absolute atomic E-state index is 0.108. The number of unbranched alkanes of at least 4 members (excludes halogenated alkanes) is 2. The highest BCUT2D eigenvalue weighted by Gasteiger charge is 2.37. The molecule has 0 rings (SSSR count). The third-order valence-electron chi connectivity index (χ3n) is 3.90. The largest absolute Gasteiger partial charge is 0.396 e. The molecule has 6 nitrogen and oxygen atoms in total. The van der Waals surface area contributed by atoms with Gasteiger partial charge in [0.25, 0.3) is 0 Å². The second kappa shape index (κ2) is 11.4. The summed E-state index contributed by atoms with van der Waals surface area (Å²) in [5.74, 6) is -0.396. The molecule has 6 heteroatoms. The van der Waals surface area contributed by atoms with Crippen LogP contribution in [0.15, 0.2) is 0 Å². The van der Waals surface area contributed by atoms with E-state index in [0.29, 0.717) is 13.0 Å². The van der Waals surface area contributed by atoms with Crippen LogP contribution in [0.2, 0.25) is 0 Å². The third-order valence-corrected chi connectivity index (χ3v) is 3.90. The van der Waals surface area contributed by atoms with E-state index in [0.717, 1.165) is 19.3 Å². The first-order chi connectivity index (χ1) is 10.8. The second-order valence-electron chi connectivity index (χ2n) is 6.91. The van der Waals surface area contributed by atoms with E-state index in [4.69, 9.17) is 0 Å². The zero-order chi connectivity index (χ0) is 17.9. The topological polar surface area (TPSA) is 98.7 Å². The van der Waals surface area contributed by atoms with E-state index < -0.39 is 17.4 Å². The monoisotopic (exact) mass is 330 g/mol. The summed E-state index contributed by atoms with van der Waals surface area (Å²) < 4.78 is 0. The minimum atomic E-state index is -1.29. The van der Waals surface area contributed by atoms with E-state index in [-0.39, 0.29) is 31.4 Å². The molecular formula is C17H34N2O4. The lowest BCUT2D eigenvalue weighted by molar-refractivity contribution is -0.139. The number of aliphatic hydroxyl groups is 2. The van der Waals surface area contributed by atoms with Crippen molar-refractivity contribution in [2.24, 2.45) is 11.3 Å². The summed E-state index contributed by atoms with van der Waals surface area (Å²) in [5.41, 5.74) is -0.874. The van der Waals surface area contributed by atoms with E-state index in [9.17, 15) is 19.8 Å². The fourth-order valence-electron chi connectivity index (χ4n) is 2.60. The Balaban J connectivity index is 4.15. The quantitative estimate of drug-likeness (QED) is 0.404. The molecule has 0 aliphatic rings. The smallest absolute Gasteiger partial charge is 0.249 e. The fraction of sp³-hybridized carbons (Fsp3) is 0.882. The molecule has 0 aromatic rings. The number of hydrogen-bond donors (Lipinski definition) is 4. The number of rotatable bonds is 12. The summed E-state index contributed by atoms with van der Waals surface area (Å²) >= 11 is 0.